The Morgan fingerprint density at radius 2 is 1.97 bits per heavy atom. The molecule has 156 valence electrons. The van der Waals surface area contributed by atoms with Crippen molar-refractivity contribution < 1.29 is 13.2 Å². The lowest BCUT2D eigenvalue weighted by atomic mass is 9.97. The van der Waals surface area contributed by atoms with Crippen molar-refractivity contribution in [2.24, 2.45) is 0 Å². The largest absolute Gasteiger partial charge is 0.372 e. The van der Waals surface area contributed by atoms with Crippen molar-refractivity contribution in [1.82, 2.24) is 9.29 Å². The first-order valence-electron chi connectivity index (χ1n) is 9.82. The van der Waals surface area contributed by atoms with Crippen LogP contribution in [-0.2, 0) is 23.0 Å². The number of aromatic nitrogens is 1. The molecule has 7 nitrogen and oxygen atoms in total. The second kappa shape index (κ2) is 8.51. The zero-order valence-corrected chi connectivity index (χ0v) is 18.2. The third kappa shape index (κ3) is 4.59. The van der Waals surface area contributed by atoms with Crippen LogP contribution >= 0.6 is 0 Å². The van der Waals surface area contributed by atoms with Crippen molar-refractivity contribution in [3.05, 3.63) is 52.8 Å². The summed E-state index contributed by atoms with van der Waals surface area (Å²) < 4.78 is 25.1. The SMILES string of the molecule is CCN(CC)c1ccc(NC(=O)c2cncc3c2CCN(S(C)(=O)=O)C3)c(C)c1. The van der Waals surface area contributed by atoms with Crippen molar-refractivity contribution in [3.8, 4) is 0 Å². The maximum Gasteiger partial charge on any atom is 0.257 e. The van der Waals surface area contributed by atoms with Gasteiger partial charge in [-0.3, -0.25) is 9.78 Å². The molecule has 0 aliphatic carbocycles. The Morgan fingerprint density at radius 1 is 1.24 bits per heavy atom. The van der Waals surface area contributed by atoms with Crippen LogP contribution in [0.4, 0.5) is 11.4 Å². The van der Waals surface area contributed by atoms with Gasteiger partial charge in [0.2, 0.25) is 10.0 Å². The van der Waals surface area contributed by atoms with Gasteiger partial charge >= 0.3 is 0 Å². The van der Waals surface area contributed by atoms with Gasteiger partial charge < -0.3 is 10.2 Å². The topological polar surface area (TPSA) is 82.6 Å². The molecule has 0 saturated heterocycles. The van der Waals surface area contributed by atoms with Crippen LogP contribution in [0.25, 0.3) is 0 Å². The van der Waals surface area contributed by atoms with Crippen molar-refractivity contribution in [2.45, 2.75) is 33.7 Å². The van der Waals surface area contributed by atoms with Gasteiger partial charge in [0, 0.05) is 49.9 Å². The molecule has 0 radical (unpaired) electrons. The van der Waals surface area contributed by atoms with Crippen molar-refractivity contribution in [2.75, 3.05) is 36.1 Å². The Labute approximate surface area is 172 Å². The molecule has 29 heavy (non-hydrogen) atoms. The molecule has 2 aromatic rings. The number of carbonyl (C=O) groups excluding carboxylic acids is 1. The summed E-state index contributed by atoms with van der Waals surface area (Å²) in [6.45, 7) is 8.68. The second-order valence-corrected chi connectivity index (χ2v) is 9.28. The van der Waals surface area contributed by atoms with Crippen LogP contribution in [0.5, 0.6) is 0 Å². The van der Waals surface area contributed by atoms with E-state index in [-0.39, 0.29) is 12.5 Å². The lowest BCUT2D eigenvalue weighted by Crippen LogP contribution is -2.36. The third-order valence-corrected chi connectivity index (χ3v) is 6.65. The number of fused-ring (bicyclic) bond motifs is 1. The molecule has 1 aliphatic heterocycles. The van der Waals surface area contributed by atoms with E-state index in [1.165, 1.54) is 10.6 Å². The molecule has 0 unspecified atom stereocenters. The fourth-order valence-corrected chi connectivity index (χ4v) is 4.51. The zero-order valence-electron chi connectivity index (χ0n) is 17.4. The zero-order chi connectivity index (χ0) is 21.2. The van der Waals surface area contributed by atoms with E-state index in [4.69, 9.17) is 0 Å². The number of nitrogens with zero attached hydrogens (tertiary/aromatic N) is 3. The van der Waals surface area contributed by atoms with E-state index < -0.39 is 10.0 Å². The molecule has 0 atom stereocenters. The van der Waals surface area contributed by atoms with E-state index in [0.29, 0.717) is 18.5 Å². The Bertz CT molecular complexity index is 1020. The summed E-state index contributed by atoms with van der Waals surface area (Å²) in [6.07, 6.45) is 4.90. The van der Waals surface area contributed by atoms with Gasteiger partial charge in [-0.1, -0.05) is 0 Å². The molecule has 0 saturated carbocycles. The van der Waals surface area contributed by atoms with Crippen LogP contribution in [0.3, 0.4) is 0 Å². The number of aryl methyl sites for hydroxylation is 1. The highest BCUT2D eigenvalue weighted by atomic mass is 32.2. The highest BCUT2D eigenvalue weighted by Crippen LogP contribution is 2.26. The number of benzene rings is 1. The minimum atomic E-state index is -3.27. The maximum absolute atomic E-state index is 13.0. The van der Waals surface area contributed by atoms with Gasteiger partial charge in [-0.15, -0.1) is 0 Å². The Hall–Kier alpha value is -2.45. The number of anilines is 2. The average molecular weight is 417 g/mol. The van der Waals surface area contributed by atoms with E-state index >= 15 is 0 Å². The fourth-order valence-electron chi connectivity index (χ4n) is 3.71. The number of nitrogens with one attached hydrogen (secondary N) is 1. The summed E-state index contributed by atoms with van der Waals surface area (Å²) in [4.78, 5) is 19.4. The van der Waals surface area contributed by atoms with Crippen molar-refractivity contribution >= 4 is 27.3 Å². The summed E-state index contributed by atoms with van der Waals surface area (Å²) in [6, 6.07) is 6.01. The standard InChI is InChI=1S/C21H28N4O3S/c1-5-24(6-2)17-7-8-20(15(3)11-17)23-21(26)19-13-22-12-16-14-25(29(4,27)28)10-9-18(16)19/h7-8,11-13H,5-6,9-10,14H2,1-4H3,(H,23,26). The van der Waals surface area contributed by atoms with Crippen LogP contribution in [0.2, 0.25) is 0 Å². The highest BCUT2D eigenvalue weighted by Gasteiger charge is 2.26. The van der Waals surface area contributed by atoms with Gasteiger partial charge in [-0.25, -0.2) is 8.42 Å². The van der Waals surface area contributed by atoms with Crippen LogP contribution in [-0.4, -0.2) is 49.5 Å². The molecule has 8 heteroatoms. The first-order valence-corrected chi connectivity index (χ1v) is 11.7. The molecular weight excluding hydrogens is 388 g/mol. The number of pyridine rings is 1. The molecule has 1 aromatic heterocycles. The number of carbonyl (C=O) groups is 1. The van der Waals surface area contributed by atoms with Gasteiger partial charge in [0.25, 0.3) is 5.91 Å². The predicted molar refractivity (Wildman–Crippen MR) is 116 cm³/mol. The Morgan fingerprint density at radius 3 is 2.59 bits per heavy atom. The molecule has 0 bridgehead atoms. The van der Waals surface area contributed by atoms with E-state index in [0.717, 1.165) is 41.2 Å². The van der Waals surface area contributed by atoms with E-state index in [1.54, 1.807) is 12.4 Å². The Kier molecular flexibility index (Phi) is 6.24. The molecule has 3 rings (SSSR count). The first-order chi connectivity index (χ1) is 13.7. The summed E-state index contributed by atoms with van der Waals surface area (Å²) in [7, 11) is -3.27. The third-order valence-electron chi connectivity index (χ3n) is 5.41. The molecule has 1 N–H and O–H groups in total. The number of rotatable bonds is 6. The molecule has 0 spiro atoms. The summed E-state index contributed by atoms with van der Waals surface area (Å²) in [5, 5.41) is 2.99. The smallest absolute Gasteiger partial charge is 0.257 e. The van der Waals surface area contributed by atoms with Crippen LogP contribution < -0.4 is 10.2 Å². The molecule has 2 heterocycles. The van der Waals surface area contributed by atoms with Crippen LogP contribution in [0.15, 0.2) is 30.6 Å². The molecule has 1 aromatic carbocycles. The Balaban J connectivity index is 1.82. The van der Waals surface area contributed by atoms with Gasteiger partial charge in [0.05, 0.1) is 11.8 Å². The number of sulfonamides is 1. The lowest BCUT2D eigenvalue weighted by Gasteiger charge is -2.27. The van der Waals surface area contributed by atoms with E-state index in [9.17, 15) is 13.2 Å². The van der Waals surface area contributed by atoms with E-state index in [1.807, 2.05) is 19.1 Å². The molecule has 0 fully saturated rings. The number of hydrogen-bond acceptors (Lipinski definition) is 5. The van der Waals surface area contributed by atoms with Crippen molar-refractivity contribution in [1.29, 1.82) is 0 Å². The normalized spacial score (nSPS) is 14.3. The summed E-state index contributed by atoms with van der Waals surface area (Å²) in [5.41, 5.74) is 5.03. The number of hydrogen-bond donors (Lipinski definition) is 1. The monoisotopic (exact) mass is 416 g/mol. The fraction of sp³-hybridized carbons (Fsp3) is 0.429. The number of amides is 1. The van der Waals surface area contributed by atoms with E-state index in [2.05, 4.69) is 35.1 Å². The maximum atomic E-state index is 13.0. The second-order valence-electron chi connectivity index (χ2n) is 7.30. The predicted octanol–water partition coefficient (Wildman–Crippen LogP) is 2.81. The van der Waals surface area contributed by atoms with Crippen molar-refractivity contribution in [3.63, 3.8) is 0 Å². The lowest BCUT2D eigenvalue weighted by molar-refractivity contribution is 0.102. The summed E-state index contributed by atoms with van der Waals surface area (Å²) in [5.74, 6) is -0.221. The minimum absolute atomic E-state index is 0.221. The minimum Gasteiger partial charge on any atom is -0.372 e. The first kappa shape index (κ1) is 21.3. The average Bonchev–Trinajstić information content (AvgIpc) is 2.69. The van der Waals surface area contributed by atoms with Crippen LogP contribution in [0.1, 0.15) is 40.9 Å². The van der Waals surface area contributed by atoms with Gasteiger partial charge in [0.1, 0.15) is 0 Å². The van der Waals surface area contributed by atoms with Gasteiger partial charge in [0.15, 0.2) is 0 Å². The molecule has 1 amide bonds. The van der Waals surface area contributed by atoms with Gasteiger partial charge in [-0.2, -0.15) is 4.31 Å². The molecule has 1 aliphatic rings. The van der Waals surface area contributed by atoms with Gasteiger partial charge in [-0.05, 0) is 62.1 Å². The highest BCUT2D eigenvalue weighted by molar-refractivity contribution is 7.88. The summed E-state index contributed by atoms with van der Waals surface area (Å²) >= 11 is 0. The molecular formula is C21H28N4O3S. The quantitative estimate of drug-likeness (QED) is 0.783. The van der Waals surface area contributed by atoms with Crippen LogP contribution in [0, 0.1) is 6.92 Å².